The molecule has 180 valence electrons. The van der Waals surface area contributed by atoms with Crippen molar-refractivity contribution in [2.24, 2.45) is 23.7 Å². The van der Waals surface area contributed by atoms with Gasteiger partial charge in [0.15, 0.2) is 0 Å². The standard InChI is InChI=1S/C31H27NO4/c1-31(2,22-8-4-3-5-9-22)23-13-15-25(16-14-23)36-30(35)21-7-6-10-24(18-21)32-28(33)26-19-11-12-20(17-19)27(26)29(32)34/h3-16,18-20,26-27H,17H2,1-2H3/t19-,20-,26+,27+/m0/s1. The van der Waals surface area contributed by atoms with Crippen LogP contribution in [0, 0.1) is 23.7 Å². The van der Waals surface area contributed by atoms with E-state index < -0.39 is 5.97 Å². The van der Waals surface area contributed by atoms with Gasteiger partial charge >= 0.3 is 5.97 Å². The number of nitrogens with zero attached hydrogens (tertiary/aromatic N) is 1. The van der Waals surface area contributed by atoms with Crippen LogP contribution < -0.4 is 9.64 Å². The van der Waals surface area contributed by atoms with Gasteiger partial charge in [-0.2, -0.15) is 0 Å². The topological polar surface area (TPSA) is 63.7 Å². The molecular weight excluding hydrogens is 450 g/mol. The first-order valence-electron chi connectivity index (χ1n) is 12.4. The van der Waals surface area contributed by atoms with Gasteiger partial charge in [-0.1, -0.05) is 74.5 Å². The van der Waals surface area contributed by atoms with Crippen LogP contribution in [0.15, 0.2) is 91.0 Å². The molecule has 6 rings (SSSR count). The first-order valence-corrected chi connectivity index (χ1v) is 12.4. The lowest BCUT2D eigenvalue weighted by Gasteiger charge is -2.26. The number of amides is 2. The third-order valence-corrected chi connectivity index (χ3v) is 8.09. The maximum atomic E-state index is 13.1. The summed E-state index contributed by atoms with van der Waals surface area (Å²) in [4.78, 5) is 40.5. The van der Waals surface area contributed by atoms with Gasteiger partial charge in [-0.05, 0) is 59.7 Å². The van der Waals surface area contributed by atoms with Crippen LogP contribution in [-0.2, 0) is 15.0 Å². The van der Waals surface area contributed by atoms with Crippen molar-refractivity contribution in [2.75, 3.05) is 4.90 Å². The molecule has 4 atom stereocenters. The minimum absolute atomic E-state index is 0.143. The fraction of sp³-hybridized carbons (Fsp3) is 0.258. The molecular formula is C31H27NO4. The van der Waals surface area contributed by atoms with E-state index in [1.807, 2.05) is 30.3 Å². The molecule has 1 aliphatic heterocycles. The molecule has 1 saturated heterocycles. The predicted octanol–water partition coefficient (Wildman–Crippen LogP) is 5.54. The normalized spacial score (nSPS) is 24.3. The Hall–Kier alpha value is -3.99. The lowest BCUT2D eigenvalue weighted by Crippen LogP contribution is -2.33. The van der Waals surface area contributed by atoms with Crippen molar-refractivity contribution in [1.29, 1.82) is 0 Å². The Labute approximate surface area is 210 Å². The van der Waals surface area contributed by atoms with Gasteiger partial charge in [-0.15, -0.1) is 0 Å². The number of carbonyl (C=O) groups is 3. The fourth-order valence-electron chi connectivity index (χ4n) is 6.06. The molecule has 2 bridgehead atoms. The van der Waals surface area contributed by atoms with Crippen molar-refractivity contribution in [1.82, 2.24) is 0 Å². The van der Waals surface area contributed by atoms with E-state index in [1.54, 1.807) is 36.4 Å². The minimum Gasteiger partial charge on any atom is -0.423 e. The molecule has 0 N–H and O–H groups in total. The van der Waals surface area contributed by atoms with Gasteiger partial charge in [-0.3, -0.25) is 9.59 Å². The second-order valence-electron chi connectivity index (χ2n) is 10.5. The monoisotopic (exact) mass is 477 g/mol. The van der Waals surface area contributed by atoms with Crippen molar-refractivity contribution in [2.45, 2.75) is 25.7 Å². The van der Waals surface area contributed by atoms with Crippen molar-refractivity contribution >= 4 is 23.5 Å². The largest absolute Gasteiger partial charge is 0.423 e. The summed E-state index contributed by atoms with van der Waals surface area (Å²) in [6, 6.07) is 24.4. The summed E-state index contributed by atoms with van der Waals surface area (Å²) in [6.07, 6.45) is 5.02. The molecule has 1 saturated carbocycles. The average molecular weight is 478 g/mol. The van der Waals surface area contributed by atoms with Crippen LogP contribution in [0.5, 0.6) is 5.75 Å². The molecule has 0 unspecified atom stereocenters. The van der Waals surface area contributed by atoms with Gasteiger partial charge in [-0.25, -0.2) is 9.69 Å². The maximum Gasteiger partial charge on any atom is 0.343 e. The number of esters is 1. The van der Waals surface area contributed by atoms with Gasteiger partial charge in [0.1, 0.15) is 5.75 Å². The average Bonchev–Trinajstić information content (AvgIpc) is 3.58. The van der Waals surface area contributed by atoms with E-state index >= 15 is 0 Å². The predicted molar refractivity (Wildman–Crippen MR) is 137 cm³/mol. The fourth-order valence-corrected chi connectivity index (χ4v) is 6.06. The highest BCUT2D eigenvalue weighted by Gasteiger charge is 2.59. The summed E-state index contributed by atoms with van der Waals surface area (Å²) in [7, 11) is 0. The summed E-state index contributed by atoms with van der Waals surface area (Å²) < 4.78 is 5.63. The van der Waals surface area contributed by atoms with Crippen molar-refractivity contribution in [3.05, 3.63) is 108 Å². The molecule has 5 nitrogen and oxygen atoms in total. The second-order valence-corrected chi connectivity index (χ2v) is 10.5. The van der Waals surface area contributed by atoms with E-state index in [4.69, 9.17) is 4.74 Å². The number of imide groups is 1. The lowest BCUT2D eigenvalue weighted by molar-refractivity contribution is -0.123. The van der Waals surface area contributed by atoms with E-state index in [1.165, 1.54) is 10.5 Å². The van der Waals surface area contributed by atoms with E-state index in [9.17, 15) is 14.4 Å². The van der Waals surface area contributed by atoms with Gasteiger partial charge in [0.2, 0.25) is 11.8 Å². The smallest absolute Gasteiger partial charge is 0.343 e. The Kier molecular flexibility index (Phi) is 5.18. The maximum absolute atomic E-state index is 13.1. The zero-order valence-corrected chi connectivity index (χ0v) is 20.3. The van der Waals surface area contributed by atoms with Crippen LogP contribution >= 0.6 is 0 Å². The minimum atomic E-state index is -0.534. The first kappa shape index (κ1) is 22.5. The zero-order chi connectivity index (χ0) is 25.0. The number of benzene rings is 3. The quantitative estimate of drug-likeness (QED) is 0.209. The molecule has 3 aromatic carbocycles. The number of rotatable bonds is 5. The molecule has 36 heavy (non-hydrogen) atoms. The summed E-state index contributed by atoms with van der Waals surface area (Å²) in [5, 5.41) is 0. The van der Waals surface area contributed by atoms with E-state index in [-0.39, 0.29) is 40.9 Å². The van der Waals surface area contributed by atoms with Crippen LogP contribution in [0.2, 0.25) is 0 Å². The Balaban J connectivity index is 1.19. The van der Waals surface area contributed by atoms with Crippen LogP contribution in [-0.4, -0.2) is 17.8 Å². The molecule has 0 radical (unpaired) electrons. The van der Waals surface area contributed by atoms with Gasteiger partial charge < -0.3 is 4.74 Å². The van der Waals surface area contributed by atoms with Crippen LogP contribution in [0.3, 0.4) is 0 Å². The molecule has 2 aliphatic carbocycles. The SMILES string of the molecule is CC(C)(c1ccccc1)c1ccc(OC(=O)c2cccc(N3C(=O)[C@H]4[C@H](C3=O)[C@H]3C=C[C@H]4C3)c2)cc1. The van der Waals surface area contributed by atoms with E-state index in [2.05, 4.69) is 38.1 Å². The summed E-state index contributed by atoms with van der Waals surface area (Å²) in [5.74, 6) is -0.693. The molecule has 2 fully saturated rings. The Morgan fingerprint density at radius 1 is 0.806 bits per heavy atom. The molecule has 5 heteroatoms. The first-order chi connectivity index (χ1) is 17.3. The lowest BCUT2D eigenvalue weighted by atomic mass is 9.78. The molecule has 2 amide bonds. The number of ether oxygens (including phenoxy) is 1. The van der Waals surface area contributed by atoms with Crippen LogP contribution in [0.1, 0.15) is 41.8 Å². The Morgan fingerprint density at radius 2 is 1.42 bits per heavy atom. The Morgan fingerprint density at radius 3 is 2.06 bits per heavy atom. The van der Waals surface area contributed by atoms with Gasteiger partial charge in [0, 0.05) is 5.41 Å². The molecule has 3 aromatic rings. The van der Waals surface area contributed by atoms with Crippen molar-refractivity contribution in [3.8, 4) is 5.75 Å². The number of allylic oxidation sites excluding steroid dienone is 2. The van der Waals surface area contributed by atoms with E-state index in [0.717, 1.165) is 12.0 Å². The number of carbonyl (C=O) groups excluding carboxylic acids is 3. The number of fused-ring (bicyclic) bond motifs is 5. The number of hydrogen-bond acceptors (Lipinski definition) is 4. The summed E-state index contributed by atoms with van der Waals surface area (Å²) in [5.41, 5.74) is 2.83. The highest BCUT2D eigenvalue weighted by Crippen LogP contribution is 2.53. The number of anilines is 1. The van der Waals surface area contributed by atoms with Gasteiger partial charge in [0.25, 0.3) is 0 Å². The summed E-state index contributed by atoms with van der Waals surface area (Å²) >= 11 is 0. The molecule has 0 aromatic heterocycles. The van der Waals surface area contributed by atoms with E-state index in [0.29, 0.717) is 17.0 Å². The highest BCUT2D eigenvalue weighted by atomic mass is 16.5. The van der Waals surface area contributed by atoms with Crippen LogP contribution in [0.4, 0.5) is 5.69 Å². The number of hydrogen-bond donors (Lipinski definition) is 0. The van der Waals surface area contributed by atoms with Crippen molar-refractivity contribution < 1.29 is 19.1 Å². The Bertz CT molecular complexity index is 1360. The molecule has 0 spiro atoms. The molecule has 1 heterocycles. The third-order valence-electron chi connectivity index (χ3n) is 8.09. The second kappa shape index (κ2) is 8.30. The molecule has 3 aliphatic rings. The highest BCUT2D eigenvalue weighted by molar-refractivity contribution is 6.23. The third kappa shape index (κ3) is 3.49. The van der Waals surface area contributed by atoms with Crippen molar-refractivity contribution in [3.63, 3.8) is 0 Å². The van der Waals surface area contributed by atoms with Gasteiger partial charge in [0.05, 0.1) is 23.1 Å². The van der Waals surface area contributed by atoms with Crippen LogP contribution in [0.25, 0.3) is 0 Å². The zero-order valence-electron chi connectivity index (χ0n) is 20.3. The summed E-state index contributed by atoms with van der Waals surface area (Å²) in [6.45, 7) is 4.32.